The van der Waals surface area contributed by atoms with Gasteiger partial charge in [-0.2, -0.15) is 5.26 Å². The number of nitrogens with zero attached hydrogens (tertiary/aromatic N) is 2. The molecular formula is C12H13N3S2. The normalized spacial score (nSPS) is 10.6. The summed E-state index contributed by atoms with van der Waals surface area (Å²) in [7, 11) is 0. The molecule has 0 saturated carbocycles. The molecule has 0 atom stereocenters. The quantitative estimate of drug-likeness (QED) is 0.673. The Kier molecular flexibility index (Phi) is 3.87. The first-order valence-electron chi connectivity index (χ1n) is 5.49. The topological polar surface area (TPSA) is 62.7 Å². The number of thiocyanates is 1. The molecule has 0 aliphatic rings. The van der Waals surface area contributed by atoms with Crippen LogP contribution in [0.4, 0.5) is 5.13 Å². The monoisotopic (exact) mass is 263 g/mol. The van der Waals surface area contributed by atoms with Crippen LogP contribution >= 0.6 is 23.1 Å². The third kappa shape index (κ3) is 2.71. The number of hydrogen-bond acceptors (Lipinski definition) is 5. The van der Waals surface area contributed by atoms with Crippen molar-refractivity contribution < 1.29 is 0 Å². The highest BCUT2D eigenvalue weighted by atomic mass is 32.2. The van der Waals surface area contributed by atoms with Gasteiger partial charge in [0, 0.05) is 4.90 Å². The predicted octanol–water partition coefficient (Wildman–Crippen LogP) is 3.79. The van der Waals surface area contributed by atoms with Crippen LogP contribution < -0.4 is 5.73 Å². The van der Waals surface area contributed by atoms with Gasteiger partial charge in [0.2, 0.25) is 0 Å². The van der Waals surface area contributed by atoms with Crippen molar-refractivity contribution in [2.45, 2.75) is 31.1 Å². The number of thioether (sulfide) groups is 1. The Hall–Kier alpha value is -1.25. The average molecular weight is 263 g/mol. The van der Waals surface area contributed by atoms with Gasteiger partial charge in [0.25, 0.3) is 0 Å². The van der Waals surface area contributed by atoms with Crippen molar-refractivity contribution in [3.63, 3.8) is 0 Å². The Labute approximate surface area is 109 Å². The highest BCUT2D eigenvalue weighted by Crippen LogP contribution is 2.33. The second kappa shape index (κ2) is 5.39. The average Bonchev–Trinajstić information content (AvgIpc) is 2.67. The van der Waals surface area contributed by atoms with Gasteiger partial charge in [-0.1, -0.05) is 24.7 Å². The van der Waals surface area contributed by atoms with Crippen molar-refractivity contribution >= 4 is 38.4 Å². The lowest BCUT2D eigenvalue weighted by Gasteiger charge is -2.02. The minimum Gasteiger partial charge on any atom is -0.375 e. The summed E-state index contributed by atoms with van der Waals surface area (Å²) in [5.41, 5.74) is 7.85. The van der Waals surface area contributed by atoms with E-state index in [2.05, 4.69) is 29.4 Å². The van der Waals surface area contributed by atoms with Crippen LogP contribution in [0.1, 0.15) is 25.3 Å². The van der Waals surface area contributed by atoms with E-state index in [-0.39, 0.29) is 0 Å². The van der Waals surface area contributed by atoms with Gasteiger partial charge in [-0.05, 0) is 42.3 Å². The molecule has 0 fully saturated rings. The Bertz CT molecular complexity index is 569. The maximum atomic E-state index is 8.81. The Morgan fingerprint density at radius 3 is 3.06 bits per heavy atom. The lowest BCUT2D eigenvalue weighted by Crippen LogP contribution is -1.86. The van der Waals surface area contributed by atoms with Crippen LogP contribution in [0, 0.1) is 10.7 Å². The second-order valence-electron chi connectivity index (χ2n) is 3.79. The summed E-state index contributed by atoms with van der Waals surface area (Å²) in [6.45, 7) is 2.17. The summed E-state index contributed by atoms with van der Waals surface area (Å²) in [6.07, 6.45) is 3.38. The zero-order chi connectivity index (χ0) is 12.3. The molecule has 0 bridgehead atoms. The minimum absolute atomic E-state index is 0.562. The van der Waals surface area contributed by atoms with Crippen LogP contribution in [-0.2, 0) is 6.42 Å². The van der Waals surface area contributed by atoms with Crippen molar-refractivity contribution in [2.75, 3.05) is 5.73 Å². The summed E-state index contributed by atoms with van der Waals surface area (Å²) in [5.74, 6) is 0. The Morgan fingerprint density at radius 1 is 1.53 bits per heavy atom. The zero-order valence-corrected chi connectivity index (χ0v) is 11.2. The van der Waals surface area contributed by atoms with Gasteiger partial charge in [-0.3, -0.25) is 0 Å². The summed E-state index contributed by atoms with van der Waals surface area (Å²) in [6, 6.07) is 4.20. The Balaban J connectivity index is 2.47. The first-order valence-corrected chi connectivity index (χ1v) is 7.12. The molecule has 3 nitrogen and oxygen atoms in total. The predicted molar refractivity (Wildman–Crippen MR) is 74.1 cm³/mol. The molecule has 0 saturated heterocycles. The lowest BCUT2D eigenvalue weighted by atomic mass is 10.1. The van der Waals surface area contributed by atoms with E-state index in [0.29, 0.717) is 5.13 Å². The molecule has 5 heteroatoms. The third-order valence-electron chi connectivity index (χ3n) is 2.51. The number of nitrogens with two attached hydrogens (primary N) is 1. The third-order valence-corrected chi connectivity index (χ3v) is 3.96. The minimum atomic E-state index is 0.562. The van der Waals surface area contributed by atoms with Crippen LogP contribution in [0.3, 0.4) is 0 Å². The molecule has 88 valence electrons. The maximum absolute atomic E-state index is 8.81. The fourth-order valence-corrected chi connectivity index (χ4v) is 3.17. The van der Waals surface area contributed by atoms with Crippen molar-refractivity contribution in [1.29, 1.82) is 5.26 Å². The molecule has 17 heavy (non-hydrogen) atoms. The van der Waals surface area contributed by atoms with Gasteiger partial charge >= 0.3 is 0 Å². The molecule has 1 aromatic heterocycles. The van der Waals surface area contributed by atoms with E-state index in [1.165, 1.54) is 23.3 Å². The number of thiazole rings is 1. The molecule has 0 radical (unpaired) electrons. The summed E-state index contributed by atoms with van der Waals surface area (Å²) >= 11 is 2.64. The standard InChI is InChI=1S/C12H13N3S2/c1-2-3-4-8-5-9(16-7-13)11-10(6-8)17-12(14)15-11/h5-6H,2-4H2,1H3,(H2,14,15). The van der Waals surface area contributed by atoms with E-state index < -0.39 is 0 Å². The van der Waals surface area contributed by atoms with E-state index in [1.807, 2.05) is 0 Å². The van der Waals surface area contributed by atoms with Gasteiger partial charge in [-0.15, -0.1) is 0 Å². The molecule has 0 aliphatic carbocycles. The molecular weight excluding hydrogens is 250 g/mol. The molecule has 0 amide bonds. The zero-order valence-electron chi connectivity index (χ0n) is 9.56. The SMILES string of the molecule is CCCCc1cc(SC#N)c2nc(N)sc2c1. The molecule has 0 unspecified atom stereocenters. The summed E-state index contributed by atoms with van der Waals surface area (Å²) in [4.78, 5) is 5.20. The van der Waals surface area contributed by atoms with Gasteiger partial charge in [-0.25, -0.2) is 4.98 Å². The second-order valence-corrected chi connectivity index (χ2v) is 5.68. The number of anilines is 1. The molecule has 1 aromatic carbocycles. The van der Waals surface area contributed by atoms with E-state index in [0.717, 1.165) is 39.7 Å². The first kappa shape index (κ1) is 12.2. The smallest absolute Gasteiger partial charge is 0.181 e. The van der Waals surface area contributed by atoms with Crippen molar-refractivity contribution in [1.82, 2.24) is 4.98 Å². The number of hydrogen-bond donors (Lipinski definition) is 1. The van der Waals surface area contributed by atoms with E-state index in [4.69, 9.17) is 11.0 Å². The van der Waals surface area contributed by atoms with Crippen LogP contribution in [0.5, 0.6) is 0 Å². The molecule has 0 spiro atoms. The fraction of sp³-hybridized carbons (Fsp3) is 0.333. The summed E-state index contributed by atoms with van der Waals surface area (Å²) in [5, 5.41) is 11.5. The molecule has 0 aliphatic heterocycles. The molecule has 1 heterocycles. The van der Waals surface area contributed by atoms with Crippen LogP contribution in [0.15, 0.2) is 17.0 Å². The largest absolute Gasteiger partial charge is 0.375 e. The first-order chi connectivity index (χ1) is 8.24. The van der Waals surface area contributed by atoms with Crippen LogP contribution in [0.25, 0.3) is 10.2 Å². The number of rotatable bonds is 4. The van der Waals surface area contributed by atoms with Gasteiger partial charge in [0.05, 0.1) is 10.2 Å². The maximum Gasteiger partial charge on any atom is 0.181 e. The van der Waals surface area contributed by atoms with E-state index in [9.17, 15) is 0 Å². The molecule has 2 rings (SSSR count). The number of benzene rings is 1. The summed E-state index contributed by atoms with van der Waals surface area (Å²) < 4.78 is 1.08. The number of unbranched alkanes of at least 4 members (excludes halogenated alkanes) is 1. The van der Waals surface area contributed by atoms with E-state index in [1.54, 1.807) is 0 Å². The Morgan fingerprint density at radius 2 is 2.35 bits per heavy atom. The van der Waals surface area contributed by atoms with Crippen LogP contribution in [0.2, 0.25) is 0 Å². The fourth-order valence-electron chi connectivity index (χ4n) is 1.72. The van der Waals surface area contributed by atoms with Gasteiger partial charge in [0.1, 0.15) is 5.40 Å². The molecule has 2 N–H and O–H groups in total. The highest BCUT2D eigenvalue weighted by Gasteiger charge is 2.09. The number of fused-ring (bicyclic) bond motifs is 1. The number of nitriles is 1. The molecule has 2 aromatic rings. The highest BCUT2D eigenvalue weighted by molar-refractivity contribution is 8.04. The lowest BCUT2D eigenvalue weighted by molar-refractivity contribution is 0.794. The van der Waals surface area contributed by atoms with E-state index >= 15 is 0 Å². The van der Waals surface area contributed by atoms with Crippen molar-refractivity contribution in [3.05, 3.63) is 17.7 Å². The van der Waals surface area contributed by atoms with Crippen LogP contribution in [-0.4, -0.2) is 4.98 Å². The van der Waals surface area contributed by atoms with Crippen molar-refractivity contribution in [2.24, 2.45) is 0 Å². The van der Waals surface area contributed by atoms with Crippen molar-refractivity contribution in [3.8, 4) is 5.40 Å². The number of nitrogen functional groups attached to an aromatic ring is 1. The number of aromatic nitrogens is 1. The van der Waals surface area contributed by atoms with Gasteiger partial charge < -0.3 is 5.73 Å². The van der Waals surface area contributed by atoms with Gasteiger partial charge in [0.15, 0.2) is 5.13 Å². The number of aryl methyl sites for hydroxylation is 1.